The molecular formula is C16H22ClNO3. The van der Waals surface area contributed by atoms with Crippen LogP contribution in [0.15, 0.2) is 18.2 Å². The summed E-state index contributed by atoms with van der Waals surface area (Å²) in [6.07, 6.45) is 3.42. The van der Waals surface area contributed by atoms with Gasteiger partial charge in [-0.05, 0) is 56.2 Å². The van der Waals surface area contributed by atoms with Crippen molar-refractivity contribution in [1.29, 1.82) is 0 Å². The number of rotatable bonds is 5. The molecule has 4 nitrogen and oxygen atoms in total. The summed E-state index contributed by atoms with van der Waals surface area (Å²) in [7, 11) is 0. The van der Waals surface area contributed by atoms with Crippen LogP contribution in [0.3, 0.4) is 0 Å². The van der Waals surface area contributed by atoms with E-state index in [4.69, 9.17) is 16.3 Å². The fourth-order valence-corrected chi connectivity index (χ4v) is 2.69. The highest BCUT2D eigenvalue weighted by Crippen LogP contribution is 2.25. The predicted octanol–water partition coefficient (Wildman–Crippen LogP) is 2.69. The zero-order chi connectivity index (χ0) is 15.2. The third-order valence-corrected chi connectivity index (χ3v) is 4.16. The number of amides is 1. The number of nitrogens with one attached hydrogen (secondary N) is 1. The Kier molecular flexibility index (Phi) is 5.88. The van der Waals surface area contributed by atoms with Crippen LogP contribution in [0.4, 0.5) is 0 Å². The molecule has 0 saturated heterocycles. The van der Waals surface area contributed by atoms with Gasteiger partial charge in [-0.2, -0.15) is 0 Å². The molecule has 1 saturated carbocycles. The number of benzene rings is 1. The van der Waals surface area contributed by atoms with Crippen molar-refractivity contribution >= 4 is 17.5 Å². The molecule has 2 rings (SSSR count). The molecule has 2 N–H and O–H groups in total. The Hall–Kier alpha value is -1.26. The first-order chi connectivity index (χ1) is 10.0. The number of halogens is 1. The highest BCUT2D eigenvalue weighted by atomic mass is 35.5. The fraction of sp³-hybridized carbons (Fsp3) is 0.562. The van der Waals surface area contributed by atoms with E-state index >= 15 is 0 Å². The van der Waals surface area contributed by atoms with E-state index in [9.17, 15) is 9.90 Å². The molecule has 21 heavy (non-hydrogen) atoms. The van der Waals surface area contributed by atoms with Crippen LogP contribution in [-0.2, 0) is 4.79 Å². The van der Waals surface area contributed by atoms with Crippen molar-refractivity contribution in [3.8, 4) is 5.75 Å². The molecule has 0 aliphatic heterocycles. The van der Waals surface area contributed by atoms with Gasteiger partial charge in [-0.15, -0.1) is 0 Å². The Balaban J connectivity index is 1.71. The van der Waals surface area contributed by atoms with Crippen LogP contribution >= 0.6 is 11.6 Å². The first kappa shape index (κ1) is 16.1. The van der Waals surface area contributed by atoms with E-state index in [0.717, 1.165) is 31.2 Å². The van der Waals surface area contributed by atoms with Crippen molar-refractivity contribution < 1.29 is 14.6 Å². The number of aliphatic hydroxyl groups is 1. The number of carbonyl (C=O) groups is 1. The zero-order valence-corrected chi connectivity index (χ0v) is 13.0. The van der Waals surface area contributed by atoms with E-state index in [2.05, 4.69) is 5.32 Å². The lowest BCUT2D eigenvalue weighted by atomic mass is 9.87. The standard InChI is InChI=1S/C16H22ClNO3/c1-11-2-7-14(17)15(8-11)21-10-16(20)18-9-12-3-5-13(19)6-4-12/h2,7-8,12-13,19H,3-6,9-10H2,1H3,(H,18,20). The lowest BCUT2D eigenvalue weighted by Crippen LogP contribution is -2.35. The molecule has 0 heterocycles. The van der Waals surface area contributed by atoms with Gasteiger partial charge in [0.2, 0.25) is 0 Å². The lowest BCUT2D eigenvalue weighted by Gasteiger charge is -2.25. The smallest absolute Gasteiger partial charge is 0.257 e. The van der Waals surface area contributed by atoms with Gasteiger partial charge >= 0.3 is 0 Å². The van der Waals surface area contributed by atoms with E-state index in [1.165, 1.54) is 0 Å². The summed E-state index contributed by atoms with van der Waals surface area (Å²) in [4.78, 5) is 11.8. The van der Waals surface area contributed by atoms with Crippen molar-refractivity contribution in [2.75, 3.05) is 13.2 Å². The molecule has 1 fully saturated rings. The molecule has 0 radical (unpaired) electrons. The second-order valence-electron chi connectivity index (χ2n) is 5.70. The molecule has 1 aliphatic carbocycles. The van der Waals surface area contributed by atoms with Crippen LogP contribution in [0.2, 0.25) is 5.02 Å². The summed E-state index contributed by atoms with van der Waals surface area (Å²) in [6.45, 7) is 2.57. The van der Waals surface area contributed by atoms with Crippen molar-refractivity contribution in [2.45, 2.75) is 38.7 Å². The summed E-state index contributed by atoms with van der Waals surface area (Å²) in [5.74, 6) is 0.853. The molecule has 1 amide bonds. The average Bonchev–Trinajstić information content (AvgIpc) is 2.47. The van der Waals surface area contributed by atoms with Crippen LogP contribution in [0.5, 0.6) is 5.75 Å². The van der Waals surface area contributed by atoms with Crippen LogP contribution < -0.4 is 10.1 Å². The van der Waals surface area contributed by atoms with E-state index < -0.39 is 0 Å². The molecular weight excluding hydrogens is 290 g/mol. The Labute approximate surface area is 130 Å². The van der Waals surface area contributed by atoms with Gasteiger partial charge in [-0.3, -0.25) is 4.79 Å². The van der Waals surface area contributed by atoms with Crippen LogP contribution in [0, 0.1) is 12.8 Å². The first-order valence-electron chi connectivity index (χ1n) is 7.38. The van der Waals surface area contributed by atoms with Gasteiger partial charge in [0, 0.05) is 6.54 Å². The highest BCUT2D eigenvalue weighted by molar-refractivity contribution is 6.32. The van der Waals surface area contributed by atoms with E-state index in [1.807, 2.05) is 19.1 Å². The minimum absolute atomic E-state index is 0.0292. The van der Waals surface area contributed by atoms with Crippen LogP contribution in [0.1, 0.15) is 31.2 Å². The Bertz CT molecular complexity index is 484. The molecule has 0 unspecified atom stereocenters. The van der Waals surface area contributed by atoms with Crippen molar-refractivity contribution in [2.24, 2.45) is 5.92 Å². The largest absolute Gasteiger partial charge is 0.482 e. The molecule has 1 aliphatic rings. The monoisotopic (exact) mass is 311 g/mol. The van der Waals surface area contributed by atoms with Gasteiger partial charge in [-0.1, -0.05) is 17.7 Å². The molecule has 116 valence electrons. The fourth-order valence-electron chi connectivity index (χ4n) is 2.52. The molecule has 0 aromatic heterocycles. The Morgan fingerprint density at radius 1 is 1.38 bits per heavy atom. The van der Waals surface area contributed by atoms with Crippen molar-refractivity contribution in [3.05, 3.63) is 28.8 Å². The van der Waals surface area contributed by atoms with Gasteiger partial charge in [0.25, 0.3) is 5.91 Å². The summed E-state index contributed by atoms with van der Waals surface area (Å²) >= 11 is 6.01. The summed E-state index contributed by atoms with van der Waals surface area (Å²) in [5, 5.41) is 12.8. The minimum atomic E-state index is -0.163. The topological polar surface area (TPSA) is 58.6 Å². The highest BCUT2D eigenvalue weighted by Gasteiger charge is 2.19. The molecule has 0 bridgehead atoms. The van der Waals surface area contributed by atoms with Crippen LogP contribution in [-0.4, -0.2) is 30.3 Å². The Morgan fingerprint density at radius 2 is 2.10 bits per heavy atom. The zero-order valence-electron chi connectivity index (χ0n) is 12.3. The van der Waals surface area contributed by atoms with E-state index in [-0.39, 0.29) is 18.6 Å². The third-order valence-electron chi connectivity index (χ3n) is 3.85. The second-order valence-corrected chi connectivity index (χ2v) is 6.11. The number of ether oxygens (including phenoxy) is 1. The number of carbonyl (C=O) groups excluding carboxylic acids is 1. The van der Waals surface area contributed by atoms with Gasteiger partial charge in [0.1, 0.15) is 5.75 Å². The maximum atomic E-state index is 11.8. The summed E-state index contributed by atoms with van der Waals surface area (Å²) in [5.41, 5.74) is 1.04. The maximum absolute atomic E-state index is 11.8. The van der Waals surface area contributed by atoms with Gasteiger partial charge in [-0.25, -0.2) is 0 Å². The first-order valence-corrected chi connectivity index (χ1v) is 7.76. The van der Waals surface area contributed by atoms with Crippen molar-refractivity contribution in [1.82, 2.24) is 5.32 Å². The molecule has 5 heteroatoms. The number of aliphatic hydroxyl groups excluding tert-OH is 1. The van der Waals surface area contributed by atoms with Gasteiger partial charge < -0.3 is 15.2 Å². The van der Waals surface area contributed by atoms with E-state index in [1.54, 1.807) is 6.07 Å². The number of hydrogen-bond donors (Lipinski definition) is 2. The molecule has 1 aromatic carbocycles. The molecule has 0 atom stereocenters. The predicted molar refractivity (Wildman–Crippen MR) is 82.7 cm³/mol. The van der Waals surface area contributed by atoms with E-state index in [0.29, 0.717) is 23.2 Å². The SMILES string of the molecule is Cc1ccc(Cl)c(OCC(=O)NCC2CCC(O)CC2)c1. The molecule has 1 aromatic rings. The normalized spacial score (nSPS) is 21.9. The summed E-state index contributed by atoms with van der Waals surface area (Å²) in [6, 6.07) is 5.47. The average molecular weight is 312 g/mol. The number of hydrogen-bond acceptors (Lipinski definition) is 3. The third kappa shape index (κ3) is 5.21. The summed E-state index contributed by atoms with van der Waals surface area (Å²) < 4.78 is 5.45. The van der Waals surface area contributed by atoms with Crippen LogP contribution in [0.25, 0.3) is 0 Å². The van der Waals surface area contributed by atoms with Gasteiger partial charge in [0.05, 0.1) is 11.1 Å². The molecule has 0 spiro atoms. The number of aryl methyl sites for hydroxylation is 1. The maximum Gasteiger partial charge on any atom is 0.257 e. The Morgan fingerprint density at radius 3 is 2.81 bits per heavy atom. The lowest BCUT2D eigenvalue weighted by molar-refractivity contribution is -0.123. The minimum Gasteiger partial charge on any atom is -0.482 e. The quantitative estimate of drug-likeness (QED) is 0.879. The second kappa shape index (κ2) is 7.66. The van der Waals surface area contributed by atoms with Gasteiger partial charge in [0.15, 0.2) is 6.61 Å². The van der Waals surface area contributed by atoms with Crippen molar-refractivity contribution in [3.63, 3.8) is 0 Å².